The van der Waals surface area contributed by atoms with E-state index in [9.17, 15) is 5.11 Å². The number of hydrogen-bond donors (Lipinski definition) is 1. The van der Waals surface area contributed by atoms with Crippen molar-refractivity contribution in [3.63, 3.8) is 0 Å². The minimum Gasteiger partial charge on any atom is -0.491 e. The Morgan fingerprint density at radius 1 is 1.40 bits per heavy atom. The first-order chi connectivity index (χ1) is 7.20. The Labute approximate surface area is 90.9 Å². The van der Waals surface area contributed by atoms with Gasteiger partial charge < -0.3 is 9.84 Å². The highest BCUT2D eigenvalue weighted by atomic mass is 16.5. The molecule has 1 fully saturated rings. The quantitative estimate of drug-likeness (QED) is 0.820. The Bertz CT molecular complexity index is 340. The van der Waals surface area contributed by atoms with Crippen LogP contribution >= 0.6 is 0 Å². The lowest BCUT2D eigenvalue weighted by Crippen LogP contribution is -2.07. The van der Waals surface area contributed by atoms with Crippen molar-refractivity contribution in [1.82, 2.24) is 0 Å². The average Bonchev–Trinajstić information content (AvgIpc) is 3.00. The zero-order chi connectivity index (χ0) is 10.8. The van der Waals surface area contributed by atoms with Gasteiger partial charge >= 0.3 is 0 Å². The van der Waals surface area contributed by atoms with E-state index in [1.807, 2.05) is 19.9 Å². The van der Waals surface area contributed by atoms with E-state index in [1.165, 1.54) is 18.4 Å². The minimum atomic E-state index is 0.0486. The van der Waals surface area contributed by atoms with E-state index in [0.717, 1.165) is 17.2 Å². The summed E-state index contributed by atoms with van der Waals surface area (Å²) in [6, 6.07) is 6.17. The molecule has 0 heterocycles. The summed E-state index contributed by atoms with van der Waals surface area (Å²) in [6.45, 7) is 4.06. The molecule has 1 aromatic carbocycles. The van der Waals surface area contributed by atoms with Gasteiger partial charge in [-0.25, -0.2) is 0 Å². The first-order valence-corrected chi connectivity index (χ1v) is 5.61. The van der Waals surface area contributed by atoms with Crippen LogP contribution in [-0.4, -0.2) is 11.2 Å². The molecule has 1 aliphatic carbocycles. The standard InChI is InChI=1S/C13H18O2/c1-9(2)15-13-7-11(10-3-4-10)5-6-12(13)8-14/h5-7,9-10,14H,3-4,8H2,1-2H3. The zero-order valence-electron chi connectivity index (χ0n) is 9.36. The van der Waals surface area contributed by atoms with Crippen LogP contribution in [0.15, 0.2) is 18.2 Å². The highest BCUT2D eigenvalue weighted by Gasteiger charge is 2.24. The number of aliphatic hydroxyl groups is 1. The summed E-state index contributed by atoms with van der Waals surface area (Å²) in [5.41, 5.74) is 2.23. The molecule has 0 saturated heterocycles. The second-order valence-electron chi connectivity index (χ2n) is 4.47. The molecular formula is C13H18O2. The fourth-order valence-electron chi connectivity index (χ4n) is 1.74. The Balaban J connectivity index is 2.25. The van der Waals surface area contributed by atoms with Gasteiger partial charge in [0, 0.05) is 5.56 Å². The lowest BCUT2D eigenvalue weighted by molar-refractivity contribution is 0.225. The Morgan fingerprint density at radius 3 is 2.67 bits per heavy atom. The summed E-state index contributed by atoms with van der Waals surface area (Å²) in [5, 5.41) is 9.20. The van der Waals surface area contributed by atoms with Gasteiger partial charge in [0.05, 0.1) is 12.7 Å². The molecule has 0 amide bonds. The second kappa shape index (κ2) is 4.23. The first kappa shape index (κ1) is 10.5. The van der Waals surface area contributed by atoms with Crippen LogP contribution in [0.5, 0.6) is 5.75 Å². The minimum absolute atomic E-state index is 0.0486. The predicted molar refractivity (Wildman–Crippen MR) is 60.1 cm³/mol. The van der Waals surface area contributed by atoms with Crippen LogP contribution in [0.2, 0.25) is 0 Å². The molecule has 15 heavy (non-hydrogen) atoms. The van der Waals surface area contributed by atoms with Crippen molar-refractivity contribution in [3.05, 3.63) is 29.3 Å². The molecule has 2 nitrogen and oxygen atoms in total. The van der Waals surface area contributed by atoms with Crippen LogP contribution in [0.1, 0.15) is 43.7 Å². The number of rotatable bonds is 4. The molecule has 0 aliphatic heterocycles. The van der Waals surface area contributed by atoms with Crippen LogP contribution in [0, 0.1) is 0 Å². The topological polar surface area (TPSA) is 29.5 Å². The summed E-state index contributed by atoms with van der Waals surface area (Å²) < 4.78 is 5.69. The van der Waals surface area contributed by atoms with Crippen molar-refractivity contribution in [1.29, 1.82) is 0 Å². The zero-order valence-corrected chi connectivity index (χ0v) is 9.36. The number of hydrogen-bond acceptors (Lipinski definition) is 2. The van der Waals surface area contributed by atoms with E-state index >= 15 is 0 Å². The molecule has 0 bridgehead atoms. The third-order valence-corrected chi connectivity index (χ3v) is 2.67. The largest absolute Gasteiger partial charge is 0.491 e. The third kappa shape index (κ3) is 2.51. The monoisotopic (exact) mass is 206 g/mol. The highest BCUT2D eigenvalue weighted by Crippen LogP contribution is 2.41. The molecule has 0 radical (unpaired) electrons. The summed E-state index contributed by atoms with van der Waals surface area (Å²) in [4.78, 5) is 0. The fraction of sp³-hybridized carbons (Fsp3) is 0.538. The Morgan fingerprint density at radius 2 is 2.13 bits per heavy atom. The number of ether oxygens (including phenoxy) is 1. The SMILES string of the molecule is CC(C)Oc1cc(C2CC2)ccc1CO. The van der Waals surface area contributed by atoms with Gasteiger partial charge in [-0.3, -0.25) is 0 Å². The fourth-order valence-corrected chi connectivity index (χ4v) is 1.74. The lowest BCUT2D eigenvalue weighted by atomic mass is 10.1. The van der Waals surface area contributed by atoms with E-state index in [4.69, 9.17) is 4.74 Å². The Hall–Kier alpha value is -1.02. The van der Waals surface area contributed by atoms with Gasteiger partial charge in [0.1, 0.15) is 5.75 Å². The molecule has 1 aliphatic rings. The van der Waals surface area contributed by atoms with Gasteiger partial charge in [-0.05, 0) is 44.2 Å². The van der Waals surface area contributed by atoms with Crippen molar-refractivity contribution in [3.8, 4) is 5.75 Å². The maximum Gasteiger partial charge on any atom is 0.125 e. The third-order valence-electron chi connectivity index (χ3n) is 2.67. The molecule has 1 N–H and O–H groups in total. The first-order valence-electron chi connectivity index (χ1n) is 5.61. The van der Waals surface area contributed by atoms with E-state index in [0.29, 0.717) is 0 Å². The second-order valence-corrected chi connectivity index (χ2v) is 4.47. The van der Waals surface area contributed by atoms with Gasteiger partial charge in [-0.1, -0.05) is 12.1 Å². The molecular weight excluding hydrogens is 188 g/mol. The molecule has 0 unspecified atom stereocenters. The maximum atomic E-state index is 9.20. The van der Waals surface area contributed by atoms with E-state index in [2.05, 4.69) is 12.1 Å². The van der Waals surface area contributed by atoms with Crippen molar-refractivity contribution in [2.24, 2.45) is 0 Å². The number of aliphatic hydroxyl groups excluding tert-OH is 1. The Kier molecular flexibility index (Phi) is 2.96. The van der Waals surface area contributed by atoms with Crippen LogP contribution < -0.4 is 4.74 Å². The van der Waals surface area contributed by atoms with Crippen molar-refractivity contribution in [2.45, 2.75) is 45.3 Å². The molecule has 0 atom stereocenters. The summed E-state index contributed by atoms with van der Waals surface area (Å²) in [5.74, 6) is 1.57. The smallest absolute Gasteiger partial charge is 0.125 e. The maximum absolute atomic E-state index is 9.20. The predicted octanol–water partition coefficient (Wildman–Crippen LogP) is 2.84. The molecule has 82 valence electrons. The van der Waals surface area contributed by atoms with Gasteiger partial charge in [-0.2, -0.15) is 0 Å². The molecule has 2 heteroatoms. The van der Waals surface area contributed by atoms with E-state index < -0.39 is 0 Å². The van der Waals surface area contributed by atoms with E-state index in [1.54, 1.807) is 0 Å². The van der Waals surface area contributed by atoms with Crippen LogP contribution in [-0.2, 0) is 6.61 Å². The summed E-state index contributed by atoms with van der Waals surface area (Å²) in [7, 11) is 0. The summed E-state index contributed by atoms with van der Waals surface area (Å²) >= 11 is 0. The normalized spacial score (nSPS) is 15.7. The molecule has 2 rings (SSSR count). The molecule has 0 aromatic heterocycles. The van der Waals surface area contributed by atoms with Crippen LogP contribution in [0.3, 0.4) is 0 Å². The highest BCUT2D eigenvalue weighted by molar-refractivity contribution is 5.40. The average molecular weight is 206 g/mol. The van der Waals surface area contributed by atoms with E-state index in [-0.39, 0.29) is 12.7 Å². The van der Waals surface area contributed by atoms with Gasteiger partial charge in [0.25, 0.3) is 0 Å². The van der Waals surface area contributed by atoms with Gasteiger partial charge in [0.15, 0.2) is 0 Å². The van der Waals surface area contributed by atoms with Crippen LogP contribution in [0.25, 0.3) is 0 Å². The molecule has 1 saturated carbocycles. The number of benzene rings is 1. The molecule has 0 spiro atoms. The van der Waals surface area contributed by atoms with Gasteiger partial charge in [0.2, 0.25) is 0 Å². The van der Waals surface area contributed by atoms with Gasteiger partial charge in [-0.15, -0.1) is 0 Å². The lowest BCUT2D eigenvalue weighted by Gasteiger charge is -2.14. The van der Waals surface area contributed by atoms with Crippen LogP contribution in [0.4, 0.5) is 0 Å². The van der Waals surface area contributed by atoms with Crippen molar-refractivity contribution in [2.75, 3.05) is 0 Å². The molecule has 1 aromatic rings. The van der Waals surface area contributed by atoms with Crippen molar-refractivity contribution >= 4 is 0 Å². The summed E-state index contributed by atoms with van der Waals surface area (Å²) in [6.07, 6.45) is 2.74. The van der Waals surface area contributed by atoms with Crippen molar-refractivity contribution < 1.29 is 9.84 Å².